The van der Waals surface area contributed by atoms with Crippen LogP contribution in [0.2, 0.25) is 0 Å². The molecular weight excluding hydrogens is 226 g/mol. The third-order valence-electron chi connectivity index (χ3n) is 3.54. The number of hydrogen-bond donors (Lipinski definition) is 0. The van der Waals surface area contributed by atoms with Crippen molar-refractivity contribution in [3.8, 4) is 0 Å². The SMILES string of the molecule is CCCN1CC=C(C2=CCCC(SC)=C2)CC1. The molecule has 0 saturated heterocycles. The Hall–Kier alpha value is -0.470. The van der Waals surface area contributed by atoms with E-state index in [0.29, 0.717) is 0 Å². The summed E-state index contributed by atoms with van der Waals surface area (Å²) < 4.78 is 0. The molecule has 1 aliphatic carbocycles. The van der Waals surface area contributed by atoms with Crippen LogP contribution in [-0.4, -0.2) is 30.8 Å². The first-order chi connectivity index (χ1) is 8.33. The minimum atomic E-state index is 1.14. The second-order valence-electron chi connectivity index (χ2n) is 4.79. The topological polar surface area (TPSA) is 3.24 Å². The Balaban J connectivity index is 2.00. The molecule has 0 fully saturated rings. The second kappa shape index (κ2) is 6.46. The molecule has 17 heavy (non-hydrogen) atoms. The first-order valence-corrected chi connectivity index (χ1v) is 7.92. The van der Waals surface area contributed by atoms with Gasteiger partial charge in [-0.25, -0.2) is 0 Å². The van der Waals surface area contributed by atoms with E-state index < -0.39 is 0 Å². The van der Waals surface area contributed by atoms with Crippen molar-refractivity contribution >= 4 is 11.8 Å². The van der Waals surface area contributed by atoms with E-state index in [1.54, 1.807) is 10.5 Å². The first kappa shape index (κ1) is 13.0. The van der Waals surface area contributed by atoms with Gasteiger partial charge < -0.3 is 0 Å². The summed E-state index contributed by atoms with van der Waals surface area (Å²) in [5, 5.41) is 0. The Morgan fingerprint density at radius 2 is 2.18 bits per heavy atom. The van der Waals surface area contributed by atoms with E-state index >= 15 is 0 Å². The van der Waals surface area contributed by atoms with Gasteiger partial charge in [-0.2, -0.15) is 0 Å². The lowest BCUT2D eigenvalue weighted by Gasteiger charge is -2.27. The van der Waals surface area contributed by atoms with Crippen LogP contribution in [0.25, 0.3) is 0 Å². The minimum absolute atomic E-state index is 1.14. The van der Waals surface area contributed by atoms with Gasteiger partial charge in [-0.1, -0.05) is 19.1 Å². The number of allylic oxidation sites excluding steroid dienone is 4. The fourth-order valence-corrected chi connectivity index (χ4v) is 3.12. The summed E-state index contributed by atoms with van der Waals surface area (Å²) >= 11 is 1.90. The van der Waals surface area contributed by atoms with E-state index in [1.165, 1.54) is 44.3 Å². The molecule has 0 spiro atoms. The lowest BCUT2D eigenvalue weighted by atomic mass is 9.95. The van der Waals surface area contributed by atoms with Crippen molar-refractivity contribution in [2.75, 3.05) is 25.9 Å². The molecule has 94 valence electrons. The first-order valence-electron chi connectivity index (χ1n) is 6.70. The summed E-state index contributed by atoms with van der Waals surface area (Å²) in [5.41, 5.74) is 3.07. The Morgan fingerprint density at radius 3 is 2.82 bits per heavy atom. The Morgan fingerprint density at radius 1 is 1.29 bits per heavy atom. The number of rotatable bonds is 4. The van der Waals surface area contributed by atoms with Crippen LogP contribution in [0.4, 0.5) is 0 Å². The van der Waals surface area contributed by atoms with Gasteiger partial charge >= 0.3 is 0 Å². The number of thioether (sulfide) groups is 1. The van der Waals surface area contributed by atoms with Crippen LogP contribution in [0, 0.1) is 0 Å². The van der Waals surface area contributed by atoms with Gasteiger partial charge in [-0.05, 0) is 60.6 Å². The smallest absolute Gasteiger partial charge is 0.0169 e. The molecule has 0 unspecified atom stereocenters. The molecule has 0 aromatic heterocycles. The number of nitrogens with zero attached hydrogens (tertiary/aromatic N) is 1. The standard InChI is InChI=1S/C15H23NS/c1-3-9-16-10-7-13(8-11-16)14-5-4-6-15(12-14)17-2/h5,7,12H,3-4,6,8-11H2,1-2H3. The Labute approximate surface area is 110 Å². The summed E-state index contributed by atoms with van der Waals surface area (Å²) in [6.45, 7) is 5.88. The highest BCUT2D eigenvalue weighted by atomic mass is 32.2. The van der Waals surface area contributed by atoms with Crippen LogP contribution >= 0.6 is 11.8 Å². The summed E-state index contributed by atoms with van der Waals surface area (Å²) in [5.74, 6) is 0. The zero-order chi connectivity index (χ0) is 12.1. The van der Waals surface area contributed by atoms with Crippen molar-refractivity contribution in [2.45, 2.75) is 32.6 Å². The van der Waals surface area contributed by atoms with Crippen molar-refractivity contribution in [1.82, 2.24) is 4.90 Å². The molecule has 0 aromatic carbocycles. The van der Waals surface area contributed by atoms with E-state index in [2.05, 4.69) is 36.3 Å². The lowest BCUT2D eigenvalue weighted by Crippen LogP contribution is -2.29. The van der Waals surface area contributed by atoms with Crippen LogP contribution in [0.5, 0.6) is 0 Å². The van der Waals surface area contributed by atoms with Crippen LogP contribution < -0.4 is 0 Å². The molecule has 2 rings (SSSR count). The van der Waals surface area contributed by atoms with Crippen molar-refractivity contribution in [3.63, 3.8) is 0 Å². The third kappa shape index (κ3) is 3.49. The molecule has 0 bridgehead atoms. The van der Waals surface area contributed by atoms with Crippen molar-refractivity contribution in [1.29, 1.82) is 0 Å². The largest absolute Gasteiger partial charge is 0.299 e. The Bertz CT molecular complexity index is 352. The molecule has 2 aliphatic rings. The van der Waals surface area contributed by atoms with Gasteiger partial charge in [0.1, 0.15) is 0 Å². The van der Waals surface area contributed by atoms with Crippen LogP contribution in [-0.2, 0) is 0 Å². The van der Waals surface area contributed by atoms with Crippen LogP contribution in [0.15, 0.2) is 34.3 Å². The highest BCUT2D eigenvalue weighted by Gasteiger charge is 2.14. The summed E-state index contributed by atoms with van der Waals surface area (Å²) in [6.07, 6.45) is 14.4. The zero-order valence-electron chi connectivity index (χ0n) is 11.0. The van der Waals surface area contributed by atoms with E-state index in [4.69, 9.17) is 0 Å². The normalized spacial score (nSPS) is 21.9. The molecular formula is C15H23NS. The fourth-order valence-electron chi connectivity index (χ4n) is 2.55. The Kier molecular flexibility index (Phi) is 4.93. The van der Waals surface area contributed by atoms with Gasteiger partial charge in [0.05, 0.1) is 0 Å². The molecule has 1 heterocycles. The van der Waals surface area contributed by atoms with Crippen LogP contribution in [0.3, 0.4) is 0 Å². The summed E-state index contributed by atoms with van der Waals surface area (Å²) in [7, 11) is 0. The molecule has 0 saturated carbocycles. The molecule has 0 N–H and O–H groups in total. The van der Waals surface area contributed by atoms with Gasteiger partial charge in [0.15, 0.2) is 0 Å². The van der Waals surface area contributed by atoms with E-state index in [1.807, 2.05) is 11.8 Å². The predicted molar refractivity (Wildman–Crippen MR) is 78.3 cm³/mol. The van der Waals surface area contributed by atoms with Gasteiger partial charge in [0.25, 0.3) is 0 Å². The quantitative estimate of drug-likeness (QED) is 0.741. The van der Waals surface area contributed by atoms with Crippen LogP contribution in [0.1, 0.15) is 32.6 Å². The van der Waals surface area contributed by atoms with E-state index in [-0.39, 0.29) is 0 Å². The van der Waals surface area contributed by atoms with Gasteiger partial charge in [-0.15, -0.1) is 11.8 Å². The zero-order valence-corrected chi connectivity index (χ0v) is 11.9. The third-order valence-corrected chi connectivity index (χ3v) is 4.38. The molecule has 1 nitrogen and oxygen atoms in total. The van der Waals surface area contributed by atoms with Crippen molar-refractivity contribution in [3.05, 3.63) is 34.3 Å². The average Bonchev–Trinajstić information content (AvgIpc) is 2.40. The molecule has 0 amide bonds. The monoisotopic (exact) mass is 249 g/mol. The maximum atomic E-state index is 2.55. The maximum absolute atomic E-state index is 2.55. The lowest BCUT2D eigenvalue weighted by molar-refractivity contribution is 0.296. The molecule has 2 heteroatoms. The fraction of sp³-hybridized carbons (Fsp3) is 0.600. The molecule has 0 atom stereocenters. The molecule has 1 aliphatic heterocycles. The van der Waals surface area contributed by atoms with E-state index in [9.17, 15) is 0 Å². The summed E-state index contributed by atoms with van der Waals surface area (Å²) in [4.78, 5) is 4.09. The predicted octanol–water partition coefficient (Wildman–Crippen LogP) is 4.00. The van der Waals surface area contributed by atoms with Crippen molar-refractivity contribution < 1.29 is 0 Å². The van der Waals surface area contributed by atoms with Gasteiger partial charge in [0.2, 0.25) is 0 Å². The average molecular weight is 249 g/mol. The highest BCUT2D eigenvalue weighted by molar-refractivity contribution is 8.02. The molecule has 0 aromatic rings. The van der Waals surface area contributed by atoms with Gasteiger partial charge in [0, 0.05) is 13.1 Å². The second-order valence-corrected chi connectivity index (χ2v) is 5.73. The van der Waals surface area contributed by atoms with Crippen molar-refractivity contribution in [2.24, 2.45) is 0 Å². The number of hydrogen-bond acceptors (Lipinski definition) is 2. The van der Waals surface area contributed by atoms with E-state index in [0.717, 1.165) is 6.54 Å². The highest BCUT2D eigenvalue weighted by Crippen LogP contribution is 2.30. The minimum Gasteiger partial charge on any atom is -0.299 e. The summed E-state index contributed by atoms with van der Waals surface area (Å²) in [6, 6.07) is 0. The maximum Gasteiger partial charge on any atom is 0.0169 e. The van der Waals surface area contributed by atoms with Gasteiger partial charge in [-0.3, -0.25) is 4.90 Å². The molecule has 0 radical (unpaired) electrons.